The van der Waals surface area contributed by atoms with Gasteiger partial charge in [0.25, 0.3) is 0 Å². The molecule has 0 aromatic heterocycles. The molecule has 19 heavy (non-hydrogen) atoms. The number of esters is 1. The van der Waals surface area contributed by atoms with Crippen molar-refractivity contribution in [2.75, 3.05) is 13.7 Å². The molecule has 5 heteroatoms. The van der Waals surface area contributed by atoms with Gasteiger partial charge in [-0.05, 0) is 31.1 Å². The van der Waals surface area contributed by atoms with E-state index < -0.39 is 6.16 Å². The predicted molar refractivity (Wildman–Crippen MR) is 69.6 cm³/mol. The first-order valence-electron chi connectivity index (χ1n) is 6.67. The van der Waals surface area contributed by atoms with Gasteiger partial charge in [0.2, 0.25) is 0 Å². The van der Waals surface area contributed by atoms with Crippen LogP contribution in [-0.4, -0.2) is 31.9 Å². The minimum absolute atomic E-state index is 0.0646. The lowest BCUT2D eigenvalue weighted by atomic mass is 9.52. The van der Waals surface area contributed by atoms with E-state index in [4.69, 9.17) is 9.47 Å². The van der Waals surface area contributed by atoms with E-state index in [1.165, 1.54) is 14.0 Å². The lowest BCUT2D eigenvalue weighted by molar-refractivity contribution is -0.162. The summed E-state index contributed by atoms with van der Waals surface area (Å²) in [6.45, 7) is 8.09. The van der Waals surface area contributed by atoms with Crippen LogP contribution < -0.4 is 0 Å². The van der Waals surface area contributed by atoms with Gasteiger partial charge >= 0.3 is 12.1 Å². The van der Waals surface area contributed by atoms with Gasteiger partial charge in [-0.3, -0.25) is 4.79 Å². The van der Waals surface area contributed by atoms with Gasteiger partial charge in [-0.1, -0.05) is 13.8 Å². The lowest BCUT2D eigenvalue weighted by Crippen LogP contribution is -2.51. The Kier molecular flexibility index (Phi) is 5.20. The van der Waals surface area contributed by atoms with Crippen LogP contribution >= 0.6 is 0 Å². The molecular weight excluding hydrogens is 248 g/mol. The maximum atomic E-state index is 11.0. The molecule has 0 aliphatic heterocycles. The summed E-state index contributed by atoms with van der Waals surface area (Å²) in [6, 6.07) is 0. The largest absolute Gasteiger partial charge is 0.507 e. The van der Waals surface area contributed by atoms with Gasteiger partial charge in [0.15, 0.2) is 0 Å². The van der Waals surface area contributed by atoms with Gasteiger partial charge < -0.3 is 14.2 Å². The second-order valence-electron chi connectivity index (χ2n) is 5.77. The smallest absolute Gasteiger partial charge is 0.463 e. The van der Waals surface area contributed by atoms with E-state index in [-0.39, 0.29) is 17.5 Å². The average Bonchev–Trinajstić information content (AvgIpc) is 2.31. The Hall–Kier alpha value is -1.26. The van der Waals surface area contributed by atoms with Crippen molar-refractivity contribution in [3.8, 4) is 0 Å². The standard InChI is InChI=1S/C14H24O5/c1-9(19-10(2)15)12-8-11(14(12,3)4)6-7-18-13(16)17-5/h9,11-12H,6-8H2,1-5H3/t9-,11+,12+/m1/s1. The summed E-state index contributed by atoms with van der Waals surface area (Å²) in [5.41, 5.74) is 0.0916. The summed E-state index contributed by atoms with van der Waals surface area (Å²) >= 11 is 0. The minimum Gasteiger partial charge on any atom is -0.463 e. The summed E-state index contributed by atoms with van der Waals surface area (Å²) in [4.78, 5) is 21.8. The van der Waals surface area contributed by atoms with Crippen molar-refractivity contribution in [1.29, 1.82) is 0 Å². The third-order valence-electron chi connectivity index (χ3n) is 4.32. The maximum Gasteiger partial charge on any atom is 0.507 e. The fourth-order valence-corrected chi connectivity index (χ4v) is 3.03. The SMILES string of the molecule is COC(=O)OCC[C@H]1C[C@@H]([C@@H](C)OC(C)=O)C1(C)C. The first-order valence-corrected chi connectivity index (χ1v) is 6.67. The van der Waals surface area contributed by atoms with Gasteiger partial charge in [0.05, 0.1) is 13.7 Å². The minimum atomic E-state index is -0.637. The molecule has 1 saturated carbocycles. The molecule has 1 fully saturated rings. The molecule has 1 rings (SSSR count). The Morgan fingerprint density at radius 3 is 2.47 bits per heavy atom. The molecule has 3 atom stereocenters. The number of rotatable bonds is 5. The quantitative estimate of drug-likeness (QED) is 0.720. The van der Waals surface area contributed by atoms with Crippen molar-refractivity contribution in [3.63, 3.8) is 0 Å². The molecule has 0 bridgehead atoms. The molecule has 0 aromatic carbocycles. The second-order valence-corrected chi connectivity index (χ2v) is 5.77. The Balaban J connectivity index is 2.37. The molecule has 0 unspecified atom stereocenters. The van der Waals surface area contributed by atoms with Crippen LogP contribution in [0.3, 0.4) is 0 Å². The van der Waals surface area contributed by atoms with Crippen LogP contribution in [-0.2, 0) is 19.0 Å². The van der Waals surface area contributed by atoms with Crippen molar-refractivity contribution in [3.05, 3.63) is 0 Å². The molecule has 0 amide bonds. The summed E-state index contributed by atoms with van der Waals surface area (Å²) in [5.74, 6) is 0.598. The molecule has 110 valence electrons. The number of ether oxygens (including phenoxy) is 3. The normalized spacial score (nSPS) is 25.9. The van der Waals surface area contributed by atoms with Crippen molar-refractivity contribution in [2.45, 2.75) is 46.6 Å². The number of hydrogen-bond donors (Lipinski definition) is 0. The van der Waals surface area contributed by atoms with Crippen molar-refractivity contribution < 1.29 is 23.8 Å². The molecule has 0 radical (unpaired) electrons. The van der Waals surface area contributed by atoms with Crippen LogP contribution in [0, 0.1) is 17.3 Å². The Labute approximate surface area is 114 Å². The molecule has 0 saturated heterocycles. The maximum absolute atomic E-state index is 11.0. The molecule has 0 N–H and O–H groups in total. The Morgan fingerprint density at radius 1 is 1.37 bits per heavy atom. The molecule has 1 aliphatic carbocycles. The molecule has 1 aliphatic rings. The number of carbonyl (C=O) groups excluding carboxylic acids is 2. The van der Waals surface area contributed by atoms with E-state index in [1.54, 1.807) is 0 Å². The van der Waals surface area contributed by atoms with Gasteiger partial charge in [-0.15, -0.1) is 0 Å². The molecular formula is C14H24O5. The van der Waals surface area contributed by atoms with Crippen LogP contribution in [0.4, 0.5) is 4.79 Å². The van der Waals surface area contributed by atoms with Crippen LogP contribution in [0.1, 0.15) is 40.5 Å². The van der Waals surface area contributed by atoms with E-state index in [1.807, 2.05) is 6.92 Å². The molecule has 0 heterocycles. The number of hydrogen-bond acceptors (Lipinski definition) is 5. The zero-order chi connectivity index (χ0) is 14.6. The monoisotopic (exact) mass is 272 g/mol. The fourth-order valence-electron chi connectivity index (χ4n) is 3.03. The van der Waals surface area contributed by atoms with Crippen molar-refractivity contribution >= 4 is 12.1 Å². The third kappa shape index (κ3) is 3.85. The average molecular weight is 272 g/mol. The first kappa shape index (κ1) is 15.8. The summed E-state index contributed by atoms with van der Waals surface area (Å²) in [6.07, 6.45) is 1.10. The summed E-state index contributed by atoms with van der Waals surface area (Å²) in [7, 11) is 1.30. The first-order chi connectivity index (χ1) is 8.78. The van der Waals surface area contributed by atoms with Crippen LogP contribution in [0.5, 0.6) is 0 Å². The third-order valence-corrected chi connectivity index (χ3v) is 4.32. The van der Waals surface area contributed by atoms with E-state index >= 15 is 0 Å². The Morgan fingerprint density at radius 2 is 2.00 bits per heavy atom. The van der Waals surface area contributed by atoms with E-state index in [0.717, 1.165) is 12.8 Å². The van der Waals surface area contributed by atoms with Crippen LogP contribution in [0.2, 0.25) is 0 Å². The van der Waals surface area contributed by atoms with Gasteiger partial charge in [0, 0.05) is 12.8 Å². The van der Waals surface area contributed by atoms with Gasteiger partial charge in [-0.25, -0.2) is 4.79 Å². The van der Waals surface area contributed by atoms with E-state index in [9.17, 15) is 9.59 Å². The molecule has 5 nitrogen and oxygen atoms in total. The van der Waals surface area contributed by atoms with Crippen LogP contribution in [0.15, 0.2) is 0 Å². The summed E-state index contributed by atoms with van der Waals surface area (Å²) in [5, 5.41) is 0. The highest BCUT2D eigenvalue weighted by atomic mass is 16.7. The van der Waals surface area contributed by atoms with Crippen molar-refractivity contribution in [1.82, 2.24) is 0 Å². The Bertz CT molecular complexity index is 337. The summed E-state index contributed by atoms with van der Waals surface area (Å²) < 4.78 is 14.6. The topological polar surface area (TPSA) is 61.8 Å². The predicted octanol–water partition coefficient (Wildman–Crippen LogP) is 2.77. The van der Waals surface area contributed by atoms with E-state index in [2.05, 4.69) is 18.6 Å². The second kappa shape index (κ2) is 6.26. The number of methoxy groups -OCH3 is 1. The van der Waals surface area contributed by atoms with Crippen LogP contribution in [0.25, 0.3) is 0 Å². The highest BCUT2D eigenvalue weighted by Gasteiger charge is 2.50. The zero-order valence-electron chi connectivity index (χ0n) is 12.4. The fraction of sp³-hybridized carbons (Fsp3) is 0.857. The van der Waals surface area contributed by atoms with Gasteiger partial charge in [0.1, 0.15) is 6.10 Å². The number of carbonyl (C=O) groups is 2. The van der Waals surface area contributed by atoms with E-state index in [0.29, 0.717) is 18.4 Å². The van der Waals surface area contributed by atoms with Gasteiger partial charge in [-0.2, -0.15) is 0 Å². The zero-order valence-corrected chi connectivity index (χ0v) is 12.4. The highest BCUT2D eigenvalue weighted by Crippen LogP contribution is 2.54. The molecule has 0 spiro atoms. The van der Waals surface area contributed by atoms with Crippen molar-refractivity contribution in [2.24, 2.45) is 17.3 Å². The lowest BCUT2D eigenvalue weighted by Gasteiger charge is -2.54. The molecule has 0 aromatic rings. The highest BCUT2D eigenvalue weighted by molar-refractivity contribution is 5.66.